The lowest BCUT2D eigenvalue weighted by molar-refractivity contribution is -0.176. The molecule has 14 heavy (non-hydrogen) atoms. The van der Waals surface area contributed by atoms with Crippen LogP contribution in [0.5, 0.6) is 0 Å². The molecule has 0 aromatic rings. The Morgan fingerprint density at radius 3 is 2.36 bits per heavy atom. The Balaban J connectivity index is 2.56. The molecule has 4 atom stereocenters. The van der Waals surface area contributed by atoms with Crippen LogP contribution in [0.2, 0.25) is 0 Å². The van der Waals surface area contributed by atoms with E-state index in [4.69, 9.17) is 19.3 Å². The van der Waals surface area contributed by atoms with Crippen molar-refractivity contribution < 1.29 is 24.4 Å². The molecule has 0 spiro atoms. The van der Waals surface area contributed by atoms with Crippen LogP contribution in [0.4, 0.5) is 0 Å². The molecule has 1 rings (SSSR count). The summed E-state index contributed by atoms with van der Waals surface area (Å²) in [5, 5.41) is 18.6. The lowest BCUT2D eigenvalue weighted by Gasteiger charge is -2.19. The third kappa shape index (κ3) is 2.43. The zero-order valence-corrected chi connectivity index (χ0v) is 8.55. The summed E-state index contributed by atoms with van der Waals surface area (Å²) in [5.41, 5.74) is 0. The van der Waals surface area contributed by atoms with Gasteiger partial charge in [0.05, 0.1) is 6.61 Å². The molecule has 5 nitrogen and oxygen atoms in total. The minimum absolute atomic E-state index is 0.228. The Bertz CT molecular complexity index is 163. The highest BCUT2D eigenvalue weighted by atomic mass is 16.7. The number of aliphatic hydroxyl groups excluding tert-OH is 2. The standard InChI is InChI=1S/C9H18O5/c1-3-12-8-7(11)6(5-10)14-9(8)13-4-2/h6-11H,3-5H2,1-2H3. The third-order valence-corrected chi connectivity index (χ3v) is 2.16. The Labute approximate surface area is 83.6 Å². The largest absolute Gasteiger partial charge is 0.394 e. The molecule has 4 unspecified atom stereocenters. The van der Waals surface area contributed by atoms with Gasteiger partial charge in [-0.1, -0.05) is 0 Å². The van der Waals surface area contributed by atoms with Crippen molar-refractivity contribution in [1.82, 2.24) is 0 Å². The quantitative estimate of drug-likeness (QED) is 0.635. The molecular formula is C9H18O5. The van der Waals surface area contributed by atoms with E-state index in [1.54, 1.807) is 0 Å². The molecule has 84 valence electrons. The first kappa shape index (κ1) is 11.9. The van der Waals surface area contributed by atoms with Gasteiger partial charge in [-0.3, -0.25) is 0 Å². The van der Waals surface area contributed by atoms with Crippen LogP contribution in [0.1, 0.15) is 13.8 Å². The van der Waals surface area contributed by atoms with Crippen molar-refractivity contribution in [2.45, 2.75) is 38.4 Å². The Kier molecular flexibility index (Phi) is 4.77. The second kappa shape index (κ2) is 5.63. The van der Waals surface area contributed by atoms with E-state index in [1.165, 1.54) is 0 Å². The van der Waals surface area contributed by atoms with Gasteiger partial charge in [0.25, 0.3) is 0 Å². The zero-order valence-electron chi connectivity index (χ0n) is 8.55. The summed E-state index contributed by atoms with van der Waals surface area (Å²) in [6.07, 6.45) is -2.51. The number of ether oxygens (including phenoxy) is 3. The maximum atomic E-state index is 9.69. The fourth-order valence-corrected chi connectivity index (χ4v) is 1.52. The monoisotopic (exact) mass is 206 g/mol. The normalized spacial score (nSPS) is 37.7. The minimum atomic E-state index is -0.823. The van der Waals surface area contributed by atoms with Crippen molar-refractivity contribution in [3.05, 3.63) is 0 Å². The first-order chi connectivity index (χ1) is 6.74. The smallest absolute Gasteiger partial charge is 0.186 e. The van der Waals surface area contributed by atoms with Crippen molar-refractivity contribution >= 4 is 0 Å². The maximum Gasteiger partial charge on any atom is 0.186 e. The summed E-state index contributed by atoms with van der Waals surface area (Å²) < 4.78 is 15.8. The predicted molar refractivity (Wildman–Crippen MR) is 48.8 cm³/mol. The molecule has 0 radical (unpaired) electrons. The summed E-state index contributed by atoms with van der Waals surface area (Å²) >= 11 is 0. The second-order valence-corrected chi connectivity index (χ2v) is 3.09. The van der Waals surface area contributed by atoms with Crippen molar-refractivity contribution in [3.63, 3.8) is 0 Å². The number of hydrogen-bond donors (Lipinski definition) is 2. The molecule has 0 amide bonds. The first-order valence-electron chi connectivity index (χ1n) is 4.92. The van der Waals surface area contributed by atoms with Gasteiger partial charge in [-0.15, -0.1) is 0 Å². The van der Waals surface area contributed by atoms with E-state index in [2.05, 4.69) is 0 Å². The molecule has 0 bridgehead atoms. The van der Waals surface area contributed by atoms with Crippen LogP contribution in [0, 0.1) is 0 Å². The lowest BCUT2D eigenvalue weighted by atomic mass is 10.1. The van der Waals surface area contributed by atoms with Crippen molar-refractivity contribution in [3.8, 4) is 0 Å². The highest BCUT2D eigenvalue weighted by molar-refractivity contribution is 4.87. The average Bonchev–Trinajstić information content (AvgIpc) is 2.47. The minimum Gasteiger partial charge on any atom is -0.394 e. The first-order valence-corrected chi connectivity index (χ1v) is 4.92. The van der Waals surface area contributed by atoms with E-state index in [0.717, 1.165) is 0 Å². The predicted octanol–water partition coefficient (Wildman–Crippen LogP) is -0.494. The summed E-state index contributed by atoms with van der Waals surface area (Å²) in [6, 6.07) is 0. The van der Waals surface area contributed by atoms with Gasteiger partial charge in [0, 0.05) is 13.2 Å². The molecule has 1 fully saturated rings. The van der Waals surface area contributed by atoms with Gasteiger partial charge in [-0.05, 0) is 13.8 Å². The molecular weight excluding hydrogens is 188 g/mol. The number of hydrogen-bond acceptors (Lipinski definition) is 5. The maximum absolute atomic E-state index is 9.69. The van der Waals surface area contributed by atoms with Gasteiger partial charge >= 0.3 is 0 Å². The molecule has 1 heterocycles. The topological polar surface area (TPSA) is 68.2 Å². The van der Waals surface area contributed by atoms with Crippen LogP contribution in [-0.2, 0) is 14.2 Å². The number of aliphatic hydroxyl groups is 2. The Hall–Kier alpha value is -0.200. The Morgan fingerprint density at radius 2 is 1.86 bits per heavy atom. The molecule has 1 aliphatic rings. The van der Waals surface area contributed by atoms with E-state index in [1.807, 2.05) is 13.8 Å². The molecule has 2 N–H and O–H groups in total. The van der Waals surface area contributed by atoms with Gasteiger partial charge in [-0.25, -0.2) is 0 Å². The van der Waals surface area contributed by atoms with Crippen molar-refractivity contribution in [1.29, 1.82) is 0 Å². The van der Waals surface area contributed by atoms with Crippen molar-refractivity contribution in [2.24, 2.45) is 0 Å². The van der Waals surface area contributed by atoms with Gasteiger partial charge in [-0.2, -0.15) is 0 Å². The van der Waals surface area contributed by atoms with E-state index < -0.39 is 24.6 Å². The summed E-state index contributed by atoms with van der Waals surface area (Å²) in [5.74, 6) is 0. The molecule has 0 aromatic heterocycles. The summed E-state index contributed by atoms with van der Waals surface area (Å²) in [7, 11) is 0. The van der Waals surface area contributed by atoms with Crippen LogP contribution < -0.4 is 0 Å². The van der Waals surface area contributed by atoms with E-state index >= 15 is 0 Å². The van der Waals surface area contributed by atoms with Gasteiger partial charge in [0.15, 0.2) is 6.29 Å². The van der Waals surface area contributed by atoms with Gasteiger partial charge in [0.1, 0.15) is 18.3 Å². The fraction of sp³-hybridized carbons (Fsp3) is 1.00. The van der Waals surface area contributed by atoms with Crippen LogP contribution >= 0.6 is 0 Å². The van der Waals surface area contributed by atoms with Crippen molar-refractivity contribution in [2.75, 3.05) is 19.8 Å². The van der Waals surface area contributed by atoms with Gasteiger partial charge in [0.2, 0.25) is 0 Å². The molecule has 0 saturated carbocycles. The van der Waals surface area contributed by atoms with Crippen LogP contribution in [-0.4, -0.2) is 54.6 Å². The van der Waals surface area contributed by atoms with E-state index in [0.29, 0.717) is 13.2 Å². The molecule has 0 aliphatic carbocycles. The highest BCUT2D eigenvalue weighted by Crippen LogP contribution is 2.24. The number of rotatable bonds is 5. The fourth-order valence-electron chi connectivity index (χ4n) is 1.52. The SMILES string of the molecule is CCOC1OC(CO)C(O)C1OCC. The lowest BCUT2D eigenvalue weighted by Crippen LogP contribution is -2.37. The van der Waals surface area contributed by atoms with E-state index in [9.17, 15) is 5.11 Å². The molecule has 0 aromatic carbocycles. The average molecular weight is 206 g/mol. The molecule has 1 aliphatic heterocycles. The second-order valence-electron chi connectivity index (χ2n) is 3.09. The third-order valence-electron chi connectivity index (χ3n) is 2.16. The van der Waals surface area contributed by atoms with Crippen LogP contribution in [0.25, 0.3) is 0 Å². The Morgan fingerprint density at radius 1 is 1.21 bits per heavy atom. The van der Waals surface area contributed by atoms with Crippen LogP contribution in [0.3, 0.4) is 0 Å². The summed E-state index contributed by atoms with van der Waals surface area (Å²) in [4.78, 5) is 0. The highest BCUT2D eigenvalue weighted by Gasteiger charge is 2.44. The summed E-state index contributed by atoms with van der Waals surface area (Å²) in [6.45, 7) is 4.41. The van der Waals surface area contributed by atoms with Crippen LogP contribution in [0.15, 0.2) is 0 Å². The van der Waals surface area contributed by atoms with Gasteiger partial charge < -0.3 is 24.4 Å². The van der Waals surface area contributed by atoms with E-state index in [-0.39, 0.29) is 6.61 Å². The molecule has 5 heteroatoms. The zero-order chi connectivity index (χ0) is 10.6. The molecule has 1 saturated heterocycles.